The molecule has 2 aliphatic heterocycles. The fourth-order valence-corrected chi connectivity index (χ4v) is 21.6. The number of nitrogens with zero attached hydrogens (tertiary/aromatic N) is 6. The summed E-state index contributed by atoms with van der Waals surface area (Å²) in [5.41, 5.74) is 26.9. The number of fused-ring (bicyclic) bond motifs is 17. The summed E-state index contributed by atoms with van der Waals surface area (Å²) < 4.78 is 80.0. The zero-order valence-corrected chi connectivity index (χ0v) is 71.6. The van der Waals surface area contributed by atoms with Crippen LogP contribution in [0.15, 0.2) is 400 Å². The van der Waals surface area contributed by atoms with E-state index in [1.165, 1.54) is 11.1 Å². The average molecular weight is 1630 g/mol. The number of benzene rings is 18. The van der Waals surface area contributed by atoms with Gasteiger partial charge in [0, 0.05) is 117 Å². The van der Waals surface area contributed by atoms with E-state index in [4.69, 9.17) is 0 Å². The summed E-state index contributed by atoms with van der Waals surface area (Å²) >= 11 is 0. The van der Waals surface area contributed by atoms with E-state index in [1.54, 1.807) is 0 Å². The molecule has 3 aliphatic rings. The summed E-state index contributed by atoms with van der Waals surface area (Å²) in [5.74, 6) is -0.191. The molecule has 25 rings (SSSR count). The third-order valence-corrected chi connectivity index (χ3v) is 27.5. The highest BCUT2D eigenvalue weighted by Crippen LogP contribution is 2.57. The Morgan fingerprint density at radius 3 is 0.953 bits per heavy atom. The van der Waals surface area contributed by atoms with E-state index in [2.05, 4.69) is 421 Å². The fraction of sp³-hybridized carbons (Fsp3) is 0.100. The van der Waals surface area contributed by atoms with Crippen molar-refractivity contribution in [1.29, 1.82) is 0 Å². The van der Waals surface area contributed by atoms with Gasteiger partial charge in [0.1, 0.15) is 0 Å². The molecule has 7 heteroatoms. The first-order chi connectivity index (χ1) is 64.8. The van der Waals surface area contributed by atoms with Crippen LogP contribution < -0.4 is 26.2 Å². The molecule has 0 amide bonds. The minimum atomic E-state index is -1.19. The first-order valence-electron chi connectivity index (χ1n) is 47.6. The zero-order chi connectivity index (χ0) is 89.9. The minimum absolute atomic E-state index is 0.00552. The van der Waals surface area contributed by atoms with Crippen molar-refractivity contribution in [2.24, 2.45) is 0 Å². The Bertz CT molecular complexity index is 7970. The van der Waals surface area contributed by atoms with Crippen molar-refractivity contribution < 1.29 is 8.22 Å². The minimum Gasteiger partial charge on any atom is -0.310 e. The standard InChI is InChI=1S/C120H91BN6/c1-119(2,3)82-68-96(77-34-11-7-12-35-77)117(97(69-82)78-36-13-8-14-37-78)126-112-74-86(124-108-56-31-25-49-94(108)100-72-84(60-64-110(100)124)122-104-52-27-21-45-90(104)91-46-22-28-53-105(91)122)58-62-102(112)121-103-63-59-87(125-109-57-32-26-50-95(109)101-73-85(61-65-111(101)125)123-106-54-29-23-47-92(106)93-48-24-30-55-107(93)123)75-113(103)127(115-67-81(66-114(126)116(115)121)89-51-33-43-76-42-19-20-44-88(76)89)118-98(79-38-15-9-16-39-79)70-83(120(4,5)6)71-99(118)80-40-17-10-18-41-80/h7-32,34-42,44-50,52-75,89H,33,43,51H2,1-6H3/i58D,59D,62D,63D,74D,75D. The lowest BCUT2D eigenvalue weighted by atomic mass is 9.33. The predicted octanol–water partition coefficient (Wildman–Crippen LogP) is 29.9. The summed E-state index contributed by atoms with van der Waals surface area (Å²) in [6, 6.07) is 129. The molecule has 0 bridgehead atoms. The Balaban J connectivity index is 0.867. The molecule has 0 fully saturated rings. The molecule has 18 aromatic carbocycles. The van der Waals surface area contributed by atoms with Crippen molar-refractivity contribution >= 4 is 144 Å². The number of anilines is 6. The van der Waals surface area contributed by atoms with Crippen LogP contribution in [0.4, 0.5) is 34.1 Å². The fourth-order valence-electron chi connectivity index (χ4n) is 21.6. The Kier molecular flexibility index (Phi) is 15.4. The van der Waals surface area contributed by atoms with E-state index < -0.39 is 17.5 Å². The van der Waals surface area contributed by atoms with Crippen molar-refractivity contribution in [1.82, 2.24) is 18.3 Å². The van der Waals surface area contributed by atoms with Crippen LogP contribution in [0.25, 0.3) is 154 Å². The number of para-hydroxylation sites is 6. The Morgan fingerprint density at radius 2 is 0.598 bits per heavy atom. The maximum Gasteiger partial charge on any atom is 0.252 e. The first kappa shape index (κ1) is 68.3. The van der Waals surface area contributed by atoms with Crippen molar-refractivity contribution in [3.63, 3.8) is 0 Å². The summed E-state index contributed by atoms with van der Waals surface area (Å²) in [7, 11) is 0. The summed E-state index contributed by atoms with van der Waals surface area (Å²) in [4.78, 5) is 4.68. The molecule has 0 N–H and O–H groups in total. The Morgan fingerprint density at radius 1 is 0.291 bits per heavy atom. The monoisotopic (exact) mass is 1630 g/mol. The highest BCUT2D eigenvalue weighted by atomic mass is 15.2. The summed E-state index contributed by atoms with van der Waals surface area (Å²) in [6.07, 6.45) is 2.62. The van der Waals surface area contributed by atoms with Gasteiger partial charge in [-0.3, -0.25) is 0 Å². The van der Waals surface area contributed by atoms with Crippen LogP contribution in [-0.4, -0.2) is 25.0 Å². The van der Waals surface area contributed by atoms with E-state index in [0.29, 0.717) is 39.1 Å². The molecule has 1 aliphatic carbocycles. The largest absolute Gasteiger partial charge is 0.310 e. The lowest BCUT2D eigenvalue weighted by Crippen LogP contribution is -2.61. The van der Waals surface area contributed by atoms with E-state index in [-0.39, 0.29) is 53.5 Å². The molecule has 604 valence electrons. The van der Waals surface area contributed by atoms with Gasteiger partial charge in [0.2, 0.25) is 0 Å². The van der Waals surface area contributed by atoms with Gasteiger partial charge in [-0.15, -0.1) is 0 Å². The third kappa shape index (κ3) is 11.6. The van der Waals surface area contributed by atoms with Crippen molar-refractivity contribution in [2.45, 2.75) is 77.6 Å². The summed E-state index contributed by atoms with van der Waals surface area (Å²) in [6.45, 7) is 12.4. The molecule has 1 atom stereocenters. The van der Waals surface area contributed by atoms with Crippen LogP contribution in [-0.2, 0) is 17.3 Å². The normalized spacial score (nSPS) is 14.5. The van der Waals surface area contributed by atoms with Crippen LogP contribution in [0.5, 0.6) is 0 Å². The highest BCUT2D eigenvalue weighted by Gasteiger charge is 2.47. The van der Waals surface area contributed by atoms with Gasteiger partial charge in [0.05, 0.1) is 63.7 Å². The Labute approximate surface area is 748 Å². The molecule has 1 unspecified atom stereocenters. The van der Waals surface area contributed by atoms with Crippen LogP contribution in [0.3, 0.4) is 0 Å². The molecule has 0 spiro atoms. The topological polar surface area (TPSA) is 26.2 Å². The van der Waals surface area contributed by atoms with E-state index in [0.717, 1.165) is 190 Å². The number of aromatic nitrogens is 4. The third-order valence-electron chi connectivity index (χ3n) is 27.5. The number of hydrogen-bond acceptors (Lipinski definition) is 2. The van der Waals surface area contributed by atoms with Crippen molar-refractivity contribution in [2.75, 3.05) is 9.80 Å². The van der Waals surface area contributed by atoms with Crippen LogP contribution in [0.1, 0.15) is 96.3 Å². The van der Waals surface area contributed by atoms with E-state index in [1.807, 2.05) is 12.1 Å². The zero-order valence-electron chi connectivity index (χ0n) is 77.6. The molecule has 127 heavy (non-hydrogen) atoms. The number of hydrogen-bond donors (Lipinski definition) is 0. The molecule has 22 aromatic rings. The van der Waals surface area contributed by atoms with E-state index in [9.17, 15) is 8.22 Å². The smallest absolute Gasteiger partial charge is 0.252 e. The maximum absolute atomic E-state index is 12.3. The molecule has 0 saturated carbocycles. The second-order valence-electron chi connectivity index (χ2n) is 36.8. The second-order valence-corrected chi connectivity index (χ2v) is 36.8. The van der Waals surface area contributed by atoms with Crippen LogP contribution in [0.2, 0.25) is 0 Å². The molecule has 6 heterocycles. The van der Waals surface area contributed by atoms with Gasteiger partial charge in [-0.1, -0.05) is 308 Å². The van der Waals surface area contributed by atoms with Gasteiger partial charge in [-0.05, 0) is 230 Å². The number of aryl methyl sites for hydroxylation is 1. The lowest BCUT2D eigenvalue weighted by molar-refractivity contribution is 0.590. The van der Waals surface area contributed by atoms with Gasteiger partial charge >= 0.3 is 0 Å². The Hall–Kier alpha value is -15.2. The highest BCUT2D eigenvalue weighted by molar-refractivity contribution is 7.00. The van der Waals surface area contributed by atoms with Gasteiger partial charge in [0.15, 0.2) is 0 Å². The second kappa shape index (κ2) is 28.7. The van der Waals surface area contributed by atoms with E-state index >= 15 is 0 Å². The van der Waals surface area contributed by atoms with Gasteiger partial charge in [0.25, 0.3) is 6.71 Å². The predicted molar refractivity (Wildman–Crippen MR) is 538 cm³/mol. The van der Waals surface area contributed by atoms with Gasteiger partial charge in [-0.2, -0.15) is 0 Å². The molecule has 0 radical (unpaired) electrons. The lowest BCUT2D eigenvalue weighted by Gasteiger charge is -2.46. The number of rotatable bonds is 11. The average Bonchev–Trinajstić information content (AvgIpc) is 1.29. The van der Waals surface area contributed by atoms with Crippen molar-refractivity contribution in [3.8, 4) is 67.3 Å². The van der Waals surface area contributed by atoms with Crippen LogP contribution in [0, 0.1) is 0 Å². The molecule has 0 saturated heterocycles. The van der Waals surface area contributed by atoms with Gasteiger partial charge in [-0.25, -0.2) is 0 Å². The maximum atomic E-state index is 12.3. The molecular formula is C120H91BN6. The molecular weight excluding hydrogens is 1540 g/mol. The van der Waals surface area contributed by atoms with Gasteiger partial charge < -0.3 is 28.1 Å². The van der Waals surface area contributed by atoms with Crippen LogP contribution >= 0.6 is 0 Å². The molecule has 4 aromatic heterocycles. The quantitative estimate of drug-likeness (QED) is 0.121. The summed E-state index contributed by atoms with van der Waals surface area (Å²) in [5, 5.41) is 8.22. The van der Waals surface area contributed by atoms with Crippen molar-refractivity contribution in [3.05, 3.63) is 428 Å². The SMILES string of the molecule is [2H]c1c([2H])c(-n2c3ccccc3c3cc(-n4c5ccccc5c5ccccc54)ccc32)c([2H])c2c1B1c3c(cc(C4CCCc5ccccc54)cc3N(c3c(-c4ccccc4)cc(C(C)(C)C)cc3-c3ccccc3)c3c([2H])c(-n4c5ccccc5c5cc(-n6c7ccccc7c7ccccc76)ccc54)c([2H])c([2H])c31)N2c1c(-c2ccccc2)cc(C(C)(C)C)cc1-c1ccccc1. The molecule has 6 nitrogen and oxygen atoms in total. The first-order valence-corrected chi connectivity index (χ1v) is 44.6.